The summed E-state index contributed by atoms with van der Waals surface area (Å²) in [6, 6.07) is 5.14. The molecule has 1 atom stereocenters. The fourth-order valence-electron chi connectivity index (χ4n) is 1.96. The Hall–Kier alpha value is -1.13. The lowest BCUT2D eigenvalue weighted by Crippen LogP contribution is -2.38. The van der Waals surface area contributed by atoms with Gasteiger partial charge in [0.25, 0.3) is 0 Å². The summed E-state index contributed by atoms with van der Waals surface area (Å²) < 4.78 is 13.6. The second-order valence-electron chi connectivity index (χ2n) is 5.00. The number of nitrogens with one attached hydrogen (secondary N) is 2. The van der Waals surface area contributed by atoms with Crippen molar-refractivity contribution in [3.05, 3.63) is 34.6 Å². The number of amides is 1. The van der Waals surface area contributed by atoms with Crippen LogP contribution in [-0.2, 0) is 11.3 Å². The summed E-state index contributed by atoms with van der Waals surface area (Å²) in [6.45, 7) is 2.51. The predicted octanol–water partition coefficient (Wildman–Crippen LogP) is 2.48. The number of benzene rings is 1. The van der Waals surface area contributed by atoms with Crippen LogP contribution in [0.15, 0.2) is 18.2 Å². The molecular formula is C14H18ClFN2O. The molecule has 1 saturated carbocycles. The highest BCUT2D eigenvalue weighted by atomic mass is 35.5. The molecule has 1 aromatic carbocycles. The van der Waals surface area contributed by atoms with Gasteiger partial charge in [0.05, 0.1) is 11.6 Å². The summed E-state index contributed by atoms with van der Waals surface area (Å²) in [5, 5.41) is 5.93. The molecule has 2 rings (SSSR count). The van der Waals surface area contributed by atoms with E-state index in [-0.39, 0.29) is 24.0 Å². The van der Waals surface area contributed by atoms with Crippen molar-refractivity contribution in [2.24, 2.45) is 5.92 Å². The molecule has 1 unspecified atom stereocenters. The number of rotatable bonds is 6. The second-order valence-corrected chi connectivity index (χ2v) is 5.40. The number of hydrogen-bond donors (Lipinski definition) is 2. The topological polar surface area (TPSA) is 41.1 Å². The van der Waals surface area contributed by atoms with Crippen LogP contribution in [0.5, 0.6) is 0 Å². The van der Waals surface area contributed by atoms with Crippen LogP contribution in [0.4, 0.5) is 4.39 Å². The molecule has 1 aromatic rings. The van der Waals surface area contributed by atoms with Gasteiger partial charge < -0.3 is 10.6 Å². The van der Waals surface area contributed by atoms with Gasteiger partial charge in [-0.1, -0.05) is 23.7 Å². The molecule has 19 heavy (non-hydrogen) atoms. The summed E-state index contributed by atoms with van der Waals surface area (Å²) in [7, 11) is 0. The molecule has 0 radical (unpaired) electrons. The number of carbonyl (C=O) groups excluding carboxylic acids is 1. The Balaban J connectivity index is 1.75. The first kappa shape index (κ1) is 14.3. The largest absolute Gasteiger partial charge is 0.351 e. The van der Waals surface area contributed by atoms with Crippen LogP contribution in [-0.4, -0.2) is 18.5 Å². The Labute approximate surface area is 117 Å². The third-order valence-corrected chi connectivity index (χ3v) is 3.71. The quantitative estimate of drug-likeness (QED) is 0.843. The van der Waals surface area contributed by atoms with Gasteiger partial charge >= 0.3 is 0 Å². The van der Waals surface area contributed by atoms with Gasteiger partial charge in [-0.15, -0.1) is 0 Å². The first-order valence-corrected chi connectivity index (χ1v) is 6.88. The SMILES string of the molecule is CC(NCC(=O)NCc1cccc(Cl)c1F)C1CC1. The molecule has 1 aliphatic carbocycles. The maximum Gasteiger partial charge on any atom is 0.234 e. The molecule has 3 nitrogen and oxygen atoms in total. The minimum absolute atomic E-state index is 0.0761. The van der Waals surface area contributed by atoms with Crippen molar-refractivity contribution in [1.29, 1.82) is 0 Å². The van der Waals surface area contributed by atoms with Crippen LogP contribution < -0.4 is 10.6 Å². The number of carbonyl (C=O) groups is 1. The van der Waals surface area contributed by atoms with Crippen molar-refractivity contribution in [1.82, 2.24) is 10.6 Å². The molecule has 0 saturated heterocycles. The van der Waals surface area contributed by atoms with E-state index in [2.05, 4.69) is 17.6 Å². The molecule has 1 aliphatic rings. The van der Waals surface area contributed by atoms with E-state index in [1.54, 1.807) is 12.1 Å². The average molecular weight is 285 g/mol. The molecule has 2 N–H and O–H groups in total. The van der Waals surface area contributed by atoms with Gasteiger partial charge in [0.15, 0.2) is 0 Å². The van der Waals surface area contributed by atoms with E-state index >= 15 is 0 Å². The van der Waals surface area contributed by atoms with Crippen molar-refractivity contribution >= 4 is 17.5 Å². The van der Waals surface area contributed by atoms with Gasteiger partial charge in [0.1, 0.15) is 5.82 Å². The zero-order valence-corrected chi connectivity index (χ0v) is 11.6. The van der Waals surface area contributed by atoms with E-state index in [9.17, 15) is 9.18 Å². The van der Waals surface area contributed by atoms with Crippen LogP contribution in [0.2, 0.25) is 5.02 Å². The Morgan fingerprint density at radius 1 is 1.53 bits per heavy atom. The van der Waals surface area contributed by atoms with E-state index in [0.717, 1.165) is 0 Å². The first-order chi connectivity index (χ1) is 9.08. The minimum Gasteiger partial charge on any atom is -0.351 e. The van der Waals surface area contributed by atoms with E-state index in [1.165, 1.54) is 18.9 Å². The van der Waals surface area contributed by atoms with E-state index in [4.69, 9.17) is 11.6 Å². The van der Waals surface area contributed by atoms with Gasteiger partial charge in [0, 0.05) is 18.2 Å². The molecule has 0 aromatic heterocycles. The number of hydrogen-bond acceptors (Lipinski definition) is 2. The molecule has 0 spiro atoms. The van der Waals surface area contributed by atoms with Crippen molar-refractivity contribution < 1.29 is 9.18 Å². The summed E-state index contributed by atoms with van der Waals surface area (Å²) >= 11 is 5.67. The summed E-state index contributed by atoms with van der Waals surface area (Å²) in [5.41, 5.74) is 0.399. The van der Waals surface area contributed by atoms with E-state index in [1.807, 2.05) is 0 Å². The first-order valence-electron chi connectivity index (χ1n) is 6.51. The Morgan fingerprint density at radius 3 is 2.95 bits per heavy atom. The fourth-order valence-corrected chi connectivity index (χ4v) is 2.15. The molecule has 1 fully saturated rings. The van der Waals surface area contributed by atoms with E-state index in [0.29, 0.717) is 17.5 Å². The van der Waals surface area contributed by atoms with Gasteiger partial charge in [-0.2, -0.15) is 0 Å². The highest BCUT2D eigenvalue weighted by Gasteiger charge is 2.27. The third kappa shape index (κ3) is 4.18. The lowest BCUT2D eigenvalue weighted by Gasteiger charge is -2.12. The maximum atomic E-state index is 13.6. The van der Waals surface area contributed by atoms with Crippen molar-refractivity contribution in [3.63, 3.8) is 0 Å². The van der Waals surface area contributed by atoms with Crippen LogP contribution in [0.25, 0.3) is 0 Å². The second kappa shape index (κ2) is 6.35. The molecule has 0 heterocycles. The van der Waals surface area contributed by atoms with Gasteiger partial charge in [-0.05, 0) is 31.7 Å². The molecular weight excluding hydrogens is 267 g/mol. The normalized spacial score (nSPS) is 16.2. The van der Waals surface area contributed by atoms with Crippen LogP contribution in [0, 0.1) is 11.7 Å². The van der Waals surface area contributed by atoms with Crippen LogP contribution >= 0.6 is 11.6 Å². The smallest absolute Gasteiger partial charge is 0.234 e. The van der Waals surface area contributed by atoms with Crippen molar-refractivity contribution in [2.45, 2.75) is 32.4 Å². The minimum atomic E-state index is -0.469. The highest BCUT2D eigenvalue weighted by Crippen LogP contribution is 2.32. The zero-order chi connectivity index (χ0) is 13.8. The summed E-state index contributed by atoms with van der Waals surface area (Å²) in [5.74, 6) is 0.105. The van der Waals surface area contributed by atoms with Gasteiger partial charge in [-0.25, -0.2) is 4.39 Å². The number of halogens is 2. The third-order valence-electron chi connectivity index (χ3n) is 3.42. The highest BCUT2D eigenvalue weighted by molar-refractivity contribution is 6.30. The molecule has 0 bridgehead atoms. The predicted molar refractivity (Wildman–Crippen MR) is 73.4 cm³/mol. The van der Waals surface area contributed by atoms with Crippen LogP contribution in [0.3, 0.4) is 0 Å². The van der Waals surface area contributed by atoms with Crippen molar-refractivity contribution in [3.8, 4) is 0 Å². The average Bonchev–Trinajstić information content (AvgIpc) is 3.22. The van der Waals surface area contributed by atoms with Crippen molar-refractivity contribution in [2.75, 3.05) is 6.54 Å². The molecule has 0 aliphatic heterocycles. The Bertz CT molecular complexity index is 463. The molecule has 5 heteroatoms. The Morgan fingerprint density at radius 2 is 2.26 bits per heavy atom. The Kier molecular flexibility index (Phi) is 4.77. The lowest BCUT2D eigenvalue weighted by atomic mass is 10.2. The standard InChI is InChI=1S/C14H18ClFN2O/c1-9(10-5-6-10)17-8-13(19)18-7-11-3-2-4-12(15)14(11)16/h2-4,9-10,17H,5-8H2,1H3,(H,18,19). The fraction of sp³-hybridized carbons (Fsp3) is 0.500. The van der Waals surface area contributed by atoms with Gasteiger partial charge in [0.2, 0.25) is 5.91 Å². The maximum absolute atomic E-state index is 13.6. The monoisotopic (exact) mass is 284 g/mol. The zero-order valence-electron chi connectivity index (χ0n) is 10.9. The van der Waals surface area contributed by atoms with E-state index < -0.39 is 5.82 Å². The summed E-state index contributed by atoms with van der Waals surface area (Å²) in [6.07, 6.45) is 2.48. The summed E-state index contributed by atoms with van der Waals surface area (Å²) in [4.78, 5) is 11.6. The molecule has 104 valence electrons. The van der Waals surface area contributed by atoms with Gasteiger partial charge in [-0.3, -0.25) is 4.79 Å². The molecule has 1 amide bonds. The van der Waals surface area contributed by atoms with Crippen LogP contribution in [0.1, 0.15) is 25.3 Å². The lowest BCUT2D eigenvalue weighted by molar-refractivity contribution is -0.120.